The van der Waals surface area contributed by atoms with Crippen LogP contribution in [0, 0.1) is 0 Å². The first-order valence-electron chi connectivity index (χ1n) is 3.71. The third-order valence-electron chi connectivity index (χ3n) is 1.45. The Morgan fingerprint density at radius 2 is 2.33 bits per heavy atom. The first-order chi connectivity index (χ1) is 5.79. The van der Waals surface area contributed by atoms with Crippen LogP contribution in [0.5, 0.6) is 11.5 Å². The standard InChI is InChI=1S/C8H12N2O2/c1-2-12-7-5-3-4-6(10-9)8(7)11/h3-5,10-11H,2,9H2,1H3. The molecule has 0 saturated carbocycles. The summed E-state index contributed by atoms with van der Waals surface area (Å²) >= 11 is 0. The van der Waals surface area contributed by atoms with Crippen LogP contribution in [0.1, 0.15) is 6.92 Å². The smallest absolute Gasteiger partial charge is 0.182 e. The van der Waals surface area contributed by atoms with Crippen molar-refractivity contribution < 1.29 is 9.84 Å². The fraction of sp³-hybridized carbons (Fsp3) is 0.250. The van der Waals surface area contributed by atoms with Crippen molar-refractivity contribution in [2.24, 2.45) is 5.84 Å². The molecule has 1 aromatic rings. The van der Waals surface area contributed by atoms with Gasteiger partial charge in [-0.15, -0.1) is 0 Å². The Balaban J connectivity index is 2.97. The van der Waals surface area contributed by atoms with Crippen molar-refractivity contribution in [2.45, 2.75) is 6.92 Å². The number of hydrogen-bond donors (Lipinski definition) is 3. The summed E-state index contributed by atoms with van der Waals surface area (Å²) in [6.07, 6.45) is 0. The number of para-hydroxylation sites is 1. The maximum absolute atomic E-state index is 9.45. The molecule has 4 nitrogen and oxygen atoms in total. The van der Waals surface area contributed by atoms with Gasteiger partial charge in [0.05, 0.1) is 12.3 Å². The van der Waals surface area contributed by atoms with Crippen LogP contribution in [0.3, 0.4) is 0 Å². The van der Waals surface area contributed by atoms with E-state index in [2.05, 4.69) is 5.43 Å². The molecule has 0 atom stereocenters. The number of hydrogen-bond acceptors (Lipinski definition) is 4. The molecular formula is C8H12N2O2. The van der Waals surface area contributed by atoms with Crippen molar-refractivity contribution in [2.75, 3.05) is 12.0 Å². The molecule has 0 amide bonds. The topological polar surface area (TPSA) is 67.5 Å². The lowest BCUT2D eigenvalue weighted by atomic mass is 10.3. The molecule has 4 heteroatoms. The lowest BCUT2D eigenvalue weighted by Gasteiger charge is -2.08. The SMILES string of the molecule is CCOc1cccc(NN)c1O. The predicted molar refractivity (Wildman–Crippen MR) is 47.1 cm³/mol. The Bertz CT molecular complexity index is 263. The predicted octanol–water partition coefficient (Wildman–Crippen LogP) is 1.08. The lowest BCUT2D eigenvalue weighted by Crippen LogP contribution is -2.07. The van der Waals surface area contributed by atoms with Crippen molar-refractivity contribution in [1.29, 1.82) is 0 Å². The van der Waals surface area contributed by atoms with Crippen LogP contribution in [-0.4, -0.2) is 11.7 Å². The molecule has 1 aromatic carbocycles. The third-order valence-corrected chi connectivity index (χ3v) is 1.45. The van der Waals surface area contributed by atoms with Gasteiger partial charge in [-0.05, 0) is 19.1 Å². The second-order valence-electron chi connectivity index (χ2n) is 2.23. The van der Waals surface area contributed by atoms with Crippen LogP contribution in [0.4, 0.5) is 5.69 Å². The third kappa shape index (κ3) is 1.60. The van der Waals surface area contributed by atoms with Crippen LogP contribution in [0.25, 0.3) is 0 Å². The minimum absolute atomic E-state index is 0.0434. The van der Waals surface area contributed by atoms with Crippen LogP contribution in [-0.2, 0) is 0 Å². The van der Waals surface area contributed by atoms with E-state index in [4.69, 9.17) is 10.6 Å². The van der Waals surface area contributed by atoms with Gasteiger partial charge >= 0.3 is 0 Å². The van der Waals surface area contributed by atoms with Crippen molar-refractivity contribution in [3.8, 4) is 11.5 Å². The van der Waals surface area contributed by atoms with Gasteiger partial charge in [0.1, 0.15) is 0 Å². The Kier molecular flexibility index (Phi) is 2.76. The van der Waals surface area contributed by atoms with Crippen LogP contribution in [0.15, 0.2) is 18.2 Å². The van der Waals surface area contributed by atoms with Gasteiger partial charge in [0.15, 0.2) is 11.5 Å². The van der Waals surface area contributed by atoms with Crippen LogP contribution < -0.4 is 16.0 Å². The highest BCUT2D eigenvalue weighted by Gasteiger charge is 2.05. The molecule has 0 aliphatic carbocycles. The minimum Gasteiger partial charge on any atom is -0.503 e. The Morgan fingerprint density at radius 3 is 2.92 bits per heavy atom. The molecule has 1 rings (SSSR count). The minimum atomic E-state index is 0.0434. The molecule has 0 radical (unpaired) electrons. The fourth-order valence-corrected chi connectivity index (χ4v) is 0.911. The number of aromatic hydroxyl groups is 1. The van der Waals surface area contributed by atoms with Crippen molar-refractivity contribution >= 4 is 5.69 Å². The molecule has 4 N–H and O–H groups in total. The molecule has 0 unspecified atom stereocenters. The molecule has 0 aliphatic rings. The number of nitrogen functional groups attached to an aromatic ring is 1. The second kappa shape index (κ2) is 3.82. The van der Waals surface area contributed by atoms with Gasteiger partial charge < -0.3 is 15.3 Å². The highest BCUT2D eigenvalue weighted by molar-refractivity contribution is 5.61. The lowest BCUT2D eigenvalue weighted by molar-refractivity contribution is 0.319. The van der Waals surface area contributed by atoms with E-state index in [1.807, 2.05) is 6.92 Å². The molecule has 0 spiro atoms. The molecular weight excluding hydrogens is 156 g/mol. The van der Waals surface area contributed by atoms with E-state index in [1.54, 1.807) is 18.2 Å². The number of ether oxygens (including phenoxy) is 1. The fourth-order valence-electron chi connectivity index (χ4n) is 0.911. The van der Waals surface area contributed by atoms with Gasteiger partial charge in [-0.1, -0.05) is 6.07 Å². The van der Waals surface area contributed by atoms with E-state index in [-0.39, 0.29) is 5.75 Å². The van der Waals surface area contributed by atoms with Gasteiger partial charge in [0.2, 0.25) is 0 Å². The van der Waals surface area contributed by atoms with E-state index in [0.29, 0.717) is 18.0 Å². The zero-order valence-electron chi connectivity index (χ0n) is 6.87. The first kappa shape index (κ1) is 8.67. The molecule has 0 aromatic heterocycles. The van der Waals surface area contributed by atoms with Gasteiger partial charge in [-0.25, -0.2) is 0 Å². The molecule has 0 heterocycles. The van der Waals surface area contributed by atoms with Gasteiger partial charge in [-0.2, -0.15) is 0 Å². The normalized spacial score (nSPS) is 9.50. The molecule has 12 heavy (non-hydrogen) atoms. The monoisotopic (exact) mass is 168 g/mol. The highest BCUT2D eigenvalue weighted by Crippen LogP contribution is 2.32. The second-order valence-corrected chi connectivity index (χ2v) is 2.23. The summed E-state index contributed by atoms with van der Waals surface area (Å²) in [5.41, 5.74) is 2.82. The van der Waals surface area contributed by atoms with Gasteiger partial charge in [0, 0.05) is 0 Å². The molecule has 0 fully saturated rings. The van der Waals surface area contributed by atoms with Gasteiger partial charge in [-0.3, -0.25) is 5.84 Å². The average molecular weight is 168 g/mol. The van der Waals surface area contributed by atoms with E-state index < -0.39 is 0 Å². The maximum atomic E-state index is 9.45. The summed E-state index contributed by atoms with van der Waals surface area (Å²) in [7, 11) is 0. The summed E-state index contributed by atoms with van der Waals surface area (Å²) in [6.45, 7) is 2.36. The number of nitrogens with one attached hydrogen (secondary N) is 1. The largest absolute Gasteiger partial charge is 0.503 e. The number of hydrazine groups is 1. The number of benzene rings is 1. The summed E-state index contributed by atoms with van der Waals surface area (Å²) in [4.78, 5) is 0. The van der Waals surface area contributed by atoms with E-state index >= 15 is 0 Å². The summed E-state index contributed by atoms with van der Waals surface area (Å²) in [5, 5.41) is 9.45. The molecule has 0 bridgehead atoms. The van der Waals surface area contributed by atoms with Crippen molar-refractivity contribution in [1.82, 2.24) is 0 Å². The quantitative estimate of drug-likeness (QED) is 0.359. The highest BCUT2D eigenvalue weighted by atomic mass is 16.5. The molecule has 66 valence electrons. The zero-order valence-corrected chi connectivity index (χ0v) is 6.87. The Hall–Kier alpha value is -1.42. The number of nitrogens with two attached hydrogens (primary N) is 1. The summed E-state index contributed by atoms with van der Waals surface area (Å²) in [5.74, 6) is 5.63. The number of anilines is 1. The molecule has 0 aliphatic heterocycles. The summed E-state index contributed by atoms with van der Waals surface area (Å²) < 4.78 is 5.13. The molecule has 0 saturated heterocycles. The van der Waals surface area contributed by atoms with Gasteiger partial charge in [0.25, 0.3) is 0 Å². The number of rotatable bonds is 3. The number of phenols is 1. The number of phenolic OH excluding ortho intramolecular Hbond substituents is 1. The van der Waals surface area contributed by atoms with Crippen molar-refractivity contribution in [3.63, 3.8) is 0 Å². The van der Waals surface area contributed by atoms with E-state index in [1.165, 1.54) is 0 Å². The van der Waals surface area contributed by atoms with E-state index in [9.17, 15) is 5.11 Å². The Morgan fingerprint density at radius 1 is 1.58 bits per heavy atom. The Labute approximate surface area is 70.9 Å². The van der Waals surface area contributed by atoms with E-state index in [0.717, 1.165) is 0 Å². The maximum Gasteiger partial charge on any atom is 0.182 e. The van der Waals surface area contributed by atoms with Crippen molar-refractivity contribution in [3.05, 3.63) is 18.2 Å². The zero-order chi connectivity index (χ0) is 8.97. The summed E-state index contributed by atoms with van der Waals surface area (Å²) in [6, 6.07) is 5.09. The van der Waals surface area contributed by atoms with Crippen LogP contribution >= 0.6 is 0 Å². The first-order valence-corrected chi connectivity index (χ1v) is 3.71. The van der Waals surface area contributed by atoms with Crippen LogP contribution in [0.2, 0.25) is 0 Å². The average Bonchev–Trinajstić information content (AvgIpc) is 2.09.